The van der Waals surface area contributed by atoms with Gasteiger partial charge in [0.25, 0.3) is 0 Å². The van der Waals surface area contributed by atoms with Crippen molar-refractivity contribution in [1.29, 1.82) is 0 Å². The van der Waals surface area contributed by atoms with Crippen LogP contribution in [0, 0.1) is 0 Å². The van der Waals surface area contributed by atoms with Gasteiger partial charge in [-0.1, -0.05) is 43.0 Å². The van der Waals surface area contributed by atoms with Gasteiger partial charge in [0.15, 0.2) is 0 Å². The molecule has 0 fully saturated rings. The average molecular weight is 204 g/mol. The van der Waals surface area contributed by atoms with Gasteiger partial charge in [0.05, 0.1) is 8.07 Å². The van der Waals surface area contributed by atoms with Crippen LogP contribution in [0.5, 0.6) is 0 Å². The molecule has 0 saturated heterocycles. The molecule has 0 aromatic heterocycles. The highest BCUT2D eigenvalue weighted by molar-refractivity contribution is 6.88. The van der Waals surface area contributed by atoms with E-state index in [1.807, 2.05) is 0 Å². The summed E-state index contributed by atoms with van der Waals surface area (Å²) in [5.74, 6) is 0. The summed E-state index contributed by atoms with van der Waals surface area (Å²) in [5, 5.41) is 1.62. The maximum Gasteiger partial charge on any atom is 0.0776 e. The standard InChI is InChI=1S/C13H20Si/c1-14(2,3)13-9-8-11-6-4-5-7-12(11)10-13/h8-10H,4-7H2,1-3H3. The van der Waals surface area contributed by atoms with Crippen LogP contribution in [0.15, 0.2) is 18.2 Å². The Labute approximate surface area is 88.4 Å². The van der Waals surface area contributed by atoms with Crippen LogP contribution in [0.2, 0.25) is 19.6 Å². The molecular formula is C13H20Si. The fourth-order valence-corrected chi connectivity index (χ4v) is 3.39. The molecule has 14 heavy (non-hydrogen) atoms. The third-order valence-electron chi connectivity index (χ3n) is 3.21. The number of aryl methyl sites for hydroxylation is 2. The molecule has 0 nitrogen and oxygen atoms in total. The van der Waals surface area contributed by atoms with E-state index in [1.54, 1.807) is 16.3 Å². The molecule has 0 saturated carbocycles. The van der Waals surface area contributed by atoms with Crippen molar-refractivity contribution in [1.82, 2.24) is 0 Å². The molecule has 0 N–H and O–H groups in total. The Kier molecular flexibility index (Phi) is 2.52. The largest absolute Gasteiger partial charge is 0.0776 e. The number of benzene rings is 1. The minimum atomic E-state index is -1.09. The lowest BCUT2D eigenvalue weighted by Crippen LogP contribution is -2.38. The summed E-state index contributed by atoms with van der Waals surface area (Å²) >= 11 is 0. The highest BCUT2D eigenvalue weighted by Crippen LogP contribution is 2.20. The van der Waals surface area contributed by atoms with Gasteiger partial charge < -0.3 is 0 Å². The average Bonchev–Trinajstić information content (AvgIpc) is 2.16. The summed E-state index contributed by atoms with van der Waals surface area (Å²) in [5.41, 5.74) is 3.24. The lowest BCUT2D eigenvalue weighted by Gasteiger charge is -2.21. The van der Waals surface area contributed by atoms with Gasteiger partial charge >= 0.3 is 0 Å². The molecular weight excluding hydrogens is 184 g/mol. The van der Waals surface area contributed by atoms with Crippen molar-refractivity contribution >= 4 is 13.3 Å². The maximum absolute atomic E-state index is 2.49. The Morgan fingerprint density at radius 2 is 1.57 bits per heavy atom. The van der Waals surface area contributed by atoms with E-state index in [0.29, 0.717) is 0 Å². The van der Waals surface area contributed by atoms with Crippen LogP contribution in [0.25, 0.3) is 0 Å². The SMILES string of the molecule is C[Si](C)(C)c1ccc2c(c1)CCCC2. The number of hydrogen-bond acceptors (Lipinski definition) is 0. The first kappa shape index (κ1) is 9.97. The van der Waals surface area contributed by atoms with E-state index < -0.39 is 8.07 Å². The molecule has 0 spiro atoms. The van der Waals surface area contributed by atoms with Gasteiger partial charge in [-0.3, -0.25) is 0 Å². The van der Waals surface area contributed by atoms with E-state index in [0.717, 1.165) is 0 Å². The minimum Gasteiger partial charge on any atom is -0.0656 e. The molecule has 0 atom stereocenters. The van der Waals surface area contributed by atoms with Gasteiger partial charge in [0.1, 0.15) is 0 Å². The second kappa shape index (κ2) is 3.54. The molecule has 1 aromatic rings. The summed E-state index contributed by atoms with van der Waals surface area (Å²) in [7, 11) is -1.09. The fraction of sp³-hybridized carbons (Fsp3) is 0.538. The van der Waals surface area contributed by atoms with Crippen molar-refractivity contribution in [2.45, 2.75) is 45.3 Å². The predicted octanol–water partition coefficient (Wildman–Crippen LogP) is 3.11. The van der Waals surface area contributed by atoms with Crippen LogP contribution >= 0.6 is 0 Å². The summed E-state index contributed by atoms with van der Waals surface area (Å²) in [6.45, 7) is 7.28. The van der Waals surface area contributed by atoms with Gasteiger partial charge in [-0.25, -0.2) is 0 Å². The predicted molar refractivity (Wildman–Crippen MR) is 66.1 cm³/mol. The Morgan fingerprint density at radius 1 is 0.929 bits per heavy atom. The van der Waals surface area contributed by atoms with Gasteiger partial charge in [0, 0.05) is 0 Å². The van der Waals surface area contributed by atoms with E-state index in [9.17, 15) is 0 Å². The lowest BCUT2D eigenvalue weighted by atomic mass is 9.92. The van der Waals surface area contributed by atoms with Gasteiger partial charge in [-0.05, 0) is 36.8 Å². The summed E-state index contributed by atoms with van der Waals surface area (Å²) in [6, 6.07) is 7.24. The third-order valence-corrected chi connectivity index (χ3v) is 5.26. The highest BCUT2D eigenvalue weighted by Gasteiger charge is 2.18. The van der Waals surface area contributed by atoms with Crippen molar-refractivity contribution in [3.8, 4) is 0 Å². The number of fused-ring (bicyclic) bond motifs is 1. The van der Waals surface area contributed by atoms with Crippen molar-refractivity contribution in [3.63, 3.8) is 0 Å². The third kappa shape index (κ3) is 1.93. The van der Waals surface area contributed by atoms with Crippen molar-refractivity contribution in [2.24, 2.45) is 0 Å². The topological polar surface area (TPSA) is 0 Å². The summed E-state index contributed by atoms with van der Waals surface area (Å²) in [4.78, 5) is 0. The van der Waals surface area contributed by atoms with Crippen molar-refractivity contribution < 1.29 is 0 Å². The molecule has 0 radical (unpaired) electrons. The first-order valence-corrected chi connectivity index (χ1v) is 9.20. The van der Waals surface area contributed by atoms with E-state index in [2.05, 4.69) is 37.8 Å². The second-order valence-corrected chi connectivity index (χ2v) is 10.5. The number of hydrogen-bond donors (Lipinski definition) is 0. The van der Waals surface area contributed by atoms with Crippen LogP contribution in [0.1, 0.15) is 24.0 Å². The zero-order valence-corrected chi connectivity index (χ0v) is 10.6. The van der Waals surface area contributed by atoms with Crippen LogP contribution in [-0.2, 0) is 12.8 Å². The molecule has 0 amide bonds. The maximum atomic E-state index is 2.49. The smallest absolute Gasteiger partial charge is 0.0656 e. The number of rotatable bonds is 1. The molecule has 1 aliphatic carbocycles. The quantitative estimate of drug-likeness (QED) is 0.617. The molecule has 0 bridgehead atoms. The molecule has 1 aromatic carbocycles. The Balaban J connectivity index is 2.39. The monoisotopic (exact) mass is 204 g/mol. The molecule has 1 aliphatic rings. The van der Waals surface area contributed by atoms with E-state index >= 15 is 0 Å². The fourth-order valence-electron chi connectivity index (χ4n) is 2.20. The van der Waals surface area contributed by atoms with E-state index in [1.165, 1.54) is 25.7 Å². The van der Waals surface area contributed by atoms with Gasteiger partial charge in [-0.2, -0.15) is 0 Å². The van der Waals surface area contributed by atoms with Gasteiger partial charge in [-0.15, -0.1) is 0 Å². The zero-order chi connectivity index (χ0) is 10.2. The van der Waals surface area contributed by atoms with Crippen LogP contribution in [0.4, 0.5) is 0 Å². The Hall–Kier alpha value is -0.563. The molecule has 0 heterocycles. The van der Waals surface area contributed by atoms with Gasteiger partial charge in [0.2, 0.25) is 0 Å². The van der Waals surface area contributed by atoms with Crippen LogP contribution in [-0.4, -0.2) is 8.07 Å². The second-order valence-electron chi connectivity index (χ2n) is 5.44. The van der Waals surface area contributed by atoms with Crippen LogP contribution in [0.3, 0.4) is 0 Å². The molecule has 76 valence electrons. The first-order chi connectivity index (χ1) is 6.57. The summed E-state index contributed by atoms with van der Waals surface area (Å²) < 4.78 is 0. The molecule has 2 rings (SSSR count). The lowest BCUT2D eigenvalue weighted by molar-refractivity contribution is 0.686. The molecule has 0 aliphatic heterocycles. The van der Waals surface area contributed by atoms with Crippen LogP contribution < -0.4 is 5.19 Å². The Bertz CT molecular complexity index is 334. The first-order valence-electron chi connectivity index (χ1n) is 5.70. The summed E-state index contributed by atoms with van der Waals surface area (Å²) in [6.07, 6.45) is 5.40. The highest BCUT2D eigenvalue weighted by atomic mass is 28.3. The van der Waals surface area contributed by atoms with E-state index in [-0.39, 0.29) is 0 Å². The van der Waals surface area contributed by atoms with Crippen molar-refractivity contribution in [3.05, 3.63) is 29.3 Å². The van der Waals surface area contributed by atoms with Crippen molar-refractivity contribution in [2.75, 3.05) is 0 Å². The van der Waals surface area contributed by atoms with E-state index in [4.69, 9.17) is 0 Å². The zero-order valence-electron chi connectivity index (χ0n) is 9.56. The molecule has 1 heteroatoms. The minimum absolute atomic E-state index is 1.09. The molecule has 0 unspecified atom stereocenters. The normalized spacial score (nSPS) is 16.5. The Morgan fingerprint density at radius 3 is 2.21 bits per heavy atom.